The second-order valence-corrected chi connectivity index (χ2v) is 7.82. The smallest absolute Gasteiger partial charge is 0.283 e. The molecule has 160 valence electrons. The third-order valence-corrected chi connectivity index (χ3v) is 5.96. The number of methoxy groups -OCH3 is 1. The van der Waals surface area contributed by atoms with E-state index in [0.29, 0.717) is 28.9 Å². The maximum atomic E-state index is 14.8. The first-order valence-electron chi connectivity index (χ1n) is 9.79. The van der Waals surface area contributed by atoms with Gasteiger partial charge in [-0.2, -0.15) is 0 Å². The lowest BCUT2D eigenvalue weighted by molar-refractivity contribution is 0.168. The molecule has 0 amide bonds. The van der Waals surface area contributed by atoms with Gasteiger partial charge in [-0.3, -0.25) is 9.97 Å². The normalized spacial score (nSPS) is 24.3. The highest BCUT2D eigenvalue weighted by atomic mass is 19.1. The fraction of sp³-hybridized carbons (Fsp3) is 0.318. The number of aromatic nitrogens is 2. The van der Waals surface area contributed by atoms with Gasteiger partial charge >= 0.3 is 0 Å². The van der Waals surface area contributed by atoms with Gasteiger partial charge in [-0.25, -0.2) is 18.2 Å². The third kappa shape index (κ3) is 3.15. The number of hydrogen-bond acceptors (Lipinski definition) is 6. The highest BCUT2D eigenvalue weighted by Crippen LogP contribution is 2.53. The molecule has 6 nitrogen and oxygen atoms in total. The van der Waals surface area contributed by atoms with Crippen LogP contribution in [0.3, 0.4) is 0 Å². The first kappa shape index (κ1) is 19.6. The molecule has 1 aliphatic carbocycles. The van der Waals surface area contributed by atoms with Crippen molar-refractivity contribution in [2.75, 3.05) is 13.8 Å². The van der Waals surface area contributed by atoms with Crippen LogP contribution in [0.15, 0.2) is 41.7 Å². The van der Waals surface area contributed by atoms with E-state index in [0.717, 1.165) is 6.20 Å². The molecule has 2 N–H and O–H groups in total. The second-order valence-electron chi connectivity index (χ2n) is 7.82. The number of nitrogens with zero attached hydrogens (tertiary/aromatic N) is 3. The molecule has 1 aromatic carbocycles. The van der Waals surface area contributed by atoms with E-state index in [-0.39, 0.29) is 35.4 Å². The molecule has 0 saturated heterocycles. The Morgan fingerprint density at radius 1 is 1.19 bits per heavy atom. The Bertz CT molecular complexity index is 1220. The van der Waals surface area contributed by atoms with E-state index in [4.69, 9.17) is 15.2 Å². The molecule has 2 aromatic heterocycles. The lowest BCUT2D eigenvalue weighted by Crippen LogP contribution is -2.39. The van der Waals surface area contributed by atoms with Crippen molar-refractivity contribution in [3.05, 3.63) is 65.1 Å². The van der Waals surface area contributed by atoms with Gasteiger partial charge in [0.25, 0.3) is 6.02 Å². The Kier molecular flexibility index (Phi) is 4.49. The summed E-state index contributed by atoms with van der Waals surface area (Å²) >= 11 is 0. The van der Waals surface area contributed by atoms with Crippen molar-refractivity contribution in [1.82, 2.24) is 9.97 Å². The molecule has 1 saturated carbocycles. The number of aliphatic imine (C=N–C) groups is 1. The topological polar surface area (TPSA) is 82.6 Å². The third-order valence-electron chi connectivity index (χ3n) is 5.96. The van der Waals surface area contributed by atoms with Crippen molar-refractivity contribution >= 4 is 16.9 Å². The van der Waals surface area contributed by atoms with E-state index in [1.54, 1.807) is 18.2 Å². The average Bonchev–Trinajstić information content (AvgIpc) is 3.56. The monoisotopic (exact) mass is 428 g/mol. The zero-order valence-corrected chi connectivity index (χ0v) is 16.6. The van der Waals surface area contributed by atoms with Crippen LogP contribution in [-0.4, -0.2) is 35.9 Å². The molecule has 1 fully saturated rings. The Labute approximate surface area is 175 Å². The van der Waals surface area contributed by atoms with Crippen molar-refractivity contribution in [2.45, 2.75) is 24.5 Å². The SMILES string of the molecule is COc1cnc2c(Cc3ccc(F)c([C@@]4(CF)N=C(N)O[C@@H]5C[C@@H]54)c3)ncc(F)c2c1. The van der Waals surface area contributed by atoms with Crippen LogP contribution in [0.2, 0.25) is 0 Å². The minimum atomic E-state index is -1.41. The summed E-state index contributed by atoms with van der Waals surface area (Å²) in [5.74, 6) is -0.932. The van der Waals surface area contributed by atoms with Crippen molar-refractivity contribution in [1.29, 1.82) is 0 Å². The summed E-state index contributed by atoms with van der Waals surface area (Å²) in [6.45, 7) is -0.891. The first-order chi connectivity index (χ1) is 14.9. The quantitative estimate of drug-likeness (QED) is 0.674. The lowest BCUT2D eigenvalue weighted by atomic mass is 9.84. The summed E-state index contributed by atoms with van der Waals surface area (Å²) in [5, 5.41) is 0.273. The number of amidine groups is 1. The molecule has 3 heterocycles. The standard InChI is InChI=1S/C22H19F3N4O2/c1-30-12-6-13-17(25)9-27-18(20(13)28-8-12)5-11-2-3-16(24)14(4-11)22(10-23)15-7-19(15)31-21(26)29-22/h2-4,6,8-9,15,19H,5,7,10H2,1H3,(H2,26,29)/t15-,19+,22+/m0/s1. The van der Waals surface area contributed by atoms with Crippen LogP contribution in [0, 0.1) is 17.6 Å². The van der Waals surface area contributed by atoms with Gasteiger partial charge in [0.1, 0.15) is 29.9 Å². The number of hydrogen-bond donors (Lipinski definition) is 1. The van der Waals surface area contributed by atoms with Crippen LogP contribution in [0.5, 0.6) is 5.75 Å². The number of ether oxygens (including phenoxy) is 2. The van der Waals surface area contributed by atoms with Gasteiger partial charge in [0.2, 0.25) is 0 Å². The lowest BCUT2D eigenvalue weighted by Gasteiger charge is -2.31. The summed E-state index contributed by atoms with van der Waals surface area (Å²) in [4.78, 5) is 12.6. The number of nitrogens with two attached hydrogens (primary N) is 1. The van der Waals surface area contributed by atoms with Crippen molar-refractivity contribution in [2.24, 2.45) is 16.6 Å². The van der Waals surface area contributed by atoms with Crippen molar-refractivity contribution in [3.63, 3.8) is 0 Å². The number of rotatable bonds is 5. The van der Waals surface area contributed by atoms with Crippen LogP contribution >= 0.6 is 0 Å². The minimum absolute atomic E-state index is 0.132. The second kappa shape index (κ2) is 7.11. The Morgan fingerprint density at radius 2 is 2.03 bits per heavy atom. The Morgan fingerprint density at radius 3 is 2.81 bits per heavy atom. The molecular formula is C22H19F3N4O2. The predicted molar refractivity (Wildman–Crippen MR) is 108 cm³/mol. The summed E-state index contributed by atoms with van der Waals surface area (Å²) < 4.78 is 53.8. The van der Waals surface area contributed by atoms with Crippen LogP contribution in [-0.2, 0) is 16.7 Å². The molecule has 0 bridgehead atoms. The number of halogens is 3. The molecule has 0 unspecified atom stereocenters. The van der Waals surface area contributed by atoms with Gasteiger partial charge in [0.05, 0.1) is 30.7 Å². The molecule has 31 heavy (non-hydrogen) atoms. The highest BCUT2D eigenvalue weighted by Gasteiger charge is 2.60. The van der Waals surface area contributed by atoms with E-state index in [1.807, 2.05) is 0 Å². The number of benzene rings is 1. The van der Waals surface area contributed by atoms with E-state index in [2.05, 4.69) is 15.0 Å². The number of fused-ring (bicyclic) bond motifs is 2. The van der Waals surface area contributed by atoms with Crippen LogP contribution in [0.1, 0.15) is 23.2 Å². The number of pyridine rings is 2. The van der Waals surface area contributed by atoms with Gasteiger partial charge in [0, 0.05) is 23.3 Å². The maximum Gasteiger partial charge on any atom is 0.283 e. The van der Waals surface area contributed by atoms with Crippen LogP contribution in [0.4, 0.5) is 13.2 Å². The molecule has 0 spiro atoms. The maximum absolute atomic E-state index is 14.8. The summed E-state index contributed by atoms with van der Waals surface area (Å²) in [6.07, 6.45) is 3.15. The highest BCUT2D eigenvalue weighted by molar-refractivity contribution is 5.82. The van der Waals surface area contributed by atoms with E-state index >= 15 is 0 Å². The van der Waals surface area contributed by atoms with Crippen LogP contribution in [0.25, 0.3) is 10.9 Å². The molecule has 5 rings (SSSR count). The number of alkyl halides is 1. The fourth-order valence-electron chi connectivity index (χ4n) is 4.30. The first-order valence-corrected chi connectivity index (χ1v) is 9.79. The van der Waals surface area contributed by atoms with E-state index in [9.17, 15) is 13.2 Å². The molecule has 3 aromatic rings. The molecule has 9 heteroatoms. The zero-order valence-electron chi connectivity index (χ0n) is 16.6. The molecular weight excluding hydrogens is 409 g/mol. The van der Waals surface area contributed by atoms with Gasteiger partial charge in [-0.05, 0) is 30.2 Å². The predicted octanol–water partition coefficient (Wildman–Crippen LogP) is 3.41. The summed E-state index contributed by atoms with van der Waals surface area (Å²) in [7, 11) is 1.47. The van der Waals surface area contributed by atoms with Gasteiger partial charge in [-0.15, -0.1) is 0 Å². The average molecular weight is 428 g/mol. The van der Waals surface area contributed by atoms with Gasteiger partial charge < -0.3 is 15.2 Å². The van der Waals surface area contributed by atoms with Crippen molar-refractivity contribution in [3.8, 4) is 5.75 Å². The Hall–Kier alpha value is -3.36. The van der Waals surface area contributed by atoms with E-state index < -0.39 is 23.8 Å². The molecule has 3 atom stereocenters. The largest absolute Gasteiger partial charge is 0.495 e. The molecule has 2 aliphatic rings. The zero-order chi connectivity index (χ0) is 21.8. The van der Waals surface area contributed by atoms with Crippen molar-refractivity contribution < 1.29 is 22.6 Å². The van der Waals surface area contributed by atoms with Crippen LogP contribution < -0.4 is 10.5 Å². The Balaban J connectivity index is 1.57. The van der Waals surface area contributed by atoms with Gasteiger partial charge in [0.15, 0.2) is 5.82 Å². The summed E-state index contributed by atoms with van der Waals surface area (Å²) in [5.41, 5.74) is 6.00. The minimum Gasteiger partial charge on any atom is -0.495 e. The fourth-order valence-corrected chi connectivity index (χ4v) is 4.30. The molecule has 0 radical (unpaired) electrons. The van der Waals surface area contributed by atoms with Gasteiger partial charge in [-0.1, -0.05) is 6.07 Å². The molecule has 1 aliphatic heterocycles. The van der Waals surface area contributed by atoms with E-state index in [1.165, 1.54) is 19.4 Å². The summed E-state index contributed by atoms with van der Waals surface area (Å²) in [6, 6.07) is 5.85.